The first-order valence-corrected chi connectivity index (χ1v) is 9.75. The number of nitrogens with zero attached hydrogens (tertiary/aromatic N) is 3. The molecule has 1 aliphatic rings. The summed E-state index contributed by atoms with van der Waals surface area (Å²) in [6, 6.07) is 6.80. The van der Waals surface area contributed by atoms with E-state index in [-0.39, 0.29) is 11.9 Å². The number of hydrogen-bond donors (Lipinski definition) is 0. The van der Waals surface area contributed by atoms with Crippen LogP contribution in [0.3, 0.4) is 0 Å². The molecule has 0 spiro atoms. The maximum atomic E-state index is 11.5. The molecule has 1 fully saturated rings. The Bertz CT molecular complexity index is 849. The first-order valence-electron chi connectivity index (χ1n) is 8.96. The molecular weight excluding hydrogens is 442 g/mol. The van der Waals surface area contributed by atoms with Crippen molar-refractivity contribution in [3.05, 3.63) is 51.4 Å². The number of hydrogen-bond acceptors (Lipinski definition) is 8. The zero-order valence-corrected chi connectivity index (χ0v) is 18.5. The third-order valence-corrected chi connectivity index (χ3v) is 4.45. The van der Waals surface area contributed by atoms with Gasteiger partial charge < -0.3 is 19.1 Å². The molecule has 156 valence electrons. The fourth-order valence-corrected chi connectivity index (χ4v) is 3.23. The van der Waals surface area contributed by atoms with Gasteiger partial charge in [0.05, 0.1) is 38.6 Å². The summed E-state index contributed by atoms with van der Waals surface area (Å²) in [6.07, 6.45) is 0. The lowest BCUT2D eigenvalue weighted by Crippen LogP contribution is -2.37. The molecule has 1 aliphatic heterocycles. The molecule has 2 aromatic rings. The fraction of sp³-hybridized carbons (Fsp3) is 0.400. The topological polar surface area (TPSA) is 90.9 Å². The Labute approximate surface area is 178 Å². The molecule has 0 unspecified atom stereocenters. The molecule has 8 nitrogen and oxygen atoms in total. The van der Waals surface area contributed by atoms with E-state index >= 15 is 0 Å². The van der Waals surface area contributed by atoms with Crippen molar-refractivity contribution in [3.8, 4) is 0 Å². The van der Waals surface area contributed by atoms with Gasteiger partial charge in [0.2, 0.25) is 0 Å². The van der Waals surface area contributed by atoms with Gasteiger partial charge in [-0.2, -0.15) is 0 Å². The van der Waals surface area contributed by atoms with Crippen LogP contribution in [0, 0.1) is 13.8 Å². The van der Waals surface area contributed by atoms with E-state index in [1.807, 2.05) is 13.8 Å². The van der Waals surface area contributed by atoms with Gasteiger partial charge in [-0.05, 0) is 54.0 Å². The molecule has 9 heteroatoms. The van der Waals surface area contributed by atoms with Crippen LogP contribution in [-0.2, 0) is 14.2 Å². The van der Waals surface area contributed by atoms with E-state index in [2.05, 4.69) is 35.5 Å². The van der Waals surface area contributed by atoms with Gasteiger partial charge in [0.1, 0.15) is 10.4 Å². The molecule has 2 aromatic heterocycles. The van der Waals surface area contributed by atoms with Crippen LogP contribution >= 0.6 is 15.9 Å². The smallest absolute Gasteiger partial charge is 0.338 e. The van der Waals surface area contributed by atoms with Crippen molar-refractivity contribution in [1.29, 1.82) is 0 Å². The highest BCUT2D eigenvalue weighted by Gasteiger charge is 2.15. The predicted molar refractivity (Wildman–Crippen MR) is 111 cm³/mol. The molecule has 0 atom stereocenters. The summed E-state index contributed by atoms with van der Waals surface area (Å²) in [6.45, 7) is 6.69. The quantitative estimate of drug-likeness (QED) is 0.504. The van der Waals surface area contributed by atoms with Gasteiger partial charge in [-0.15, -0.1) is 0 Å². The van der Waals surface area contributed by atoms with E-state index in [4.69, 9.17) is 9.47 Å². The molecule has 0 aromatic carbocycles. The third-order valence-electron chi connectivity index (χ3n) is 4.04. The molecule has 0 saturated carbocycles. The lowest BCUT2D eigenvalue weighted by Gasteiger charge is -2.28. The van der Waals surface area contributed by atoms with E-state index in [0.717, 1.165) is 30.3 Å². The highest BCUT2D eigenvalue weighted by atomic mass is 79.9. The number of esters is 2. The van der Waals surface area contributed by atoms with Crippen molar-refractivity contribution in [3.63, 3.8) is 0 Å². The molecular formula is C20H24BrN3O5. The maximum absolute atomic E-state index is 11.5. The lowest BCUT2D eigenvalue weighted by molar-refractivity contribution is 0.0591. The second kappa shape index (κ2) is 10.9. The van der Waals surface area contributed by atoms with E-state index in [1.54, 1.807) is 24.3 Å². The van der Waals surface area contributed by atoms with Gasteiger partial charge in [0.15, 0.2) is 0 Å². The number of anilines is 1. The fourth-order valence-electron chi connectivity index (χ4n) is 2.70. The number of carbonyl (C=O) groups excluding carboxylic acids is 2. The van der Waals surface area contributed by atoms with Crippen molar-refractivity contribution in [2.45, 2.75) is 13.8 Å². The molecule has 1 saturated heterocycles. The van der Waals surface area contributed by atoms with Crippen molar-refractivity contribution in [2.75, 3.05) is 45.4 Å². The van der Waals surface area contributed by atoms with Crippen LogP contribution in [0.25, 0.3) is 0 Å². The van der Waals surface area contributed by atoms with Crippen LogP contribution in [0.15, 0.2) is 28.9 Å². The first-order chi connectivity index (χ1) is 13.8. The summed E-state index contributed by atoms with van der Waals surface area (Å²) in [5.41, 5.74) is 2.65. The summed E-state index contributed by atoms with van der Waals surface area (Å²) < 4.78 is 15.2. The van der Waals surface area contributed by atoms with Crippen molar-refractivity contribution >= 4 is 33.7 Å². The average Bonchev–Trinajstić information content (AvgIpc) is 2.72. The molecule has 0 amide bonds. The minimum Gasteiger partial charge on any atom is -0.465 e. The van der Waals surface area contributed by atoms with Crippen LogP contribution in [0.2, 0.25) is 0 Å². The van der Waals surface area contributed by atoms with Gasteiger partial charge in [-0.25, -0.2) is 19.6 Å². The van der Waals surface area contributed by atoms with E-state index in [1.165, 1.54) is 14.2 Å². The highest BCUT2D eigenvalue weighted by molar-refractivity contribution is 9.10. The van der Waals surface area contributed by atoms with Crippen molar-refractivity contribution < 1.29 is 23.8 Å². The van der Waals surface area contributed by atoms with E-state index in [0.29, 0.717) is 28.9 Å². The van der Waals surface area contributed by atoms with Crippen LogP contribution in [0.5, 0.6) is 0 Å². The summed E-state index contributed by atoms with van der Waals surface area (Å²) in [5, 5.41) is 0. The molecule has 0 N–H and O–H groups in total. The second-order valence-electron chi connectivity index (χ2n) is 6.26. The Morgan fingerprint density at radius 1 is 0.931 bits per heavy atom. The SMILES string of the molecule is COC(=O)c1cc(C)nc(Br)c1.COC(=O)c1cc(C)nc(N2CCOCC2)c1. The van der Waals surface area contributed by atoms with Crippen molar-refractivity contribution in [1.82, 2.24) is 9.97 Å². The molecule has 0 bridgehead atoms. The summed E-state index contributed by atoms with van der Waals surface area (Å²) in [5.74, 6) is 0.139. The number of pyridine rings is 2. The van der Waals surface area contributed by atoms with Gasteiger partial charge in [-0.3, -0.25) is 0 Å². The second-order valence-corrected chi connectivity index (χ2v) is 7.07. The Kier molecular flexibility index (Phi) is 8.53. The largest absolute Gasteiger partial charge is 0.465 e. The standard InChI is InChI=1S/C12H16N2O3.C8H8BrNO2/c1-9-7-10(12(15)16-2)8-11(13-9)14-3-5-17-6-4-14;1-5-3-6(8(11)12-2)4-7(9)10-5/h7-8H,3-6H2,1-2H3;3-4H,1-2H3. The maximum Gasteiger partial charge on any atom is 0.338 e. The number of ether oxygens (including phenoxy) is 3. The van der Waals surface area contributed by atoms with Gasteiger partial charge in [0, 0.05) is 24.5 Å². The van der Waals surface area contributed by atoms with Crippen LogP contribution in [0.4, 0.5) is 5.82 Å². The minimum atomic E-state index is -0.346. The average molecular weight is 466 g/mol. The van der Waals surface area contributed by atoms with Crippen LogP contribution < -0.4 is 4.90 Å². The van der Waals surface area contributed by atoms with Crippen molar-refractivity contribution in [2.24, 2.45) is 0 Å². The number of carbonyl (C=O) groups is 2. The Morgan fingerprint density at radius 2 is 1.45 bits per heavy atom. The normalized spacial score (nSPS) is 13.2. The molecule has 29 heavy (non-hydrogen) atoms. The first kappa shape index (κ1) is 22.8. The Hall–Kier alpha value is -2.52. The van der Waals surface area contributed by atoms with Gasteiger partial charge in [0.25, 0.3) is 0 Å². The summed E-state index contributed by atoms with van der Waals surface area (Å²) in [7, 11) is 2.73. The Morgan fingerprint density at radius 3 is 1.97 bits per heavy atom. The zero-order valence-electron chi connectivity index (χ0n) is 16.9. The number of halogens is 1. The zero-order chi connectivity index (χ0) is 21.4. The Balaban J connectivity index is 0.000000221. The van der Waals surface area contributed by atoms with Crippen LogP contribution in [0.1, 0.15) is 32.1 Å². The predicted octanol–water partition coefficient (Wildman–Crippen LogP) is 2.95. The molecule has 0 aliphatic carbocycles. The number of morpholine rings is 1. The highest BCUT2D eigenvalue weighted by Crippen LogP contribution is 2.17. The number of aromatic nitrogens is 2. The van der Waals surface area contributed by atoms with Crippen LogP contribution in [-0.4, -0.2) is 62.4 Å². The lowest BCUT2D eigenvalue weighted by atomic mass is 10.2. The van der Waals surface area contributed by atoms with E-state index < -0.39 is 0 Å². The monoisotopic (exact) mass is 465 g/mol. The number of rotatable bonds is 3. The molecule has 3 heterocycles. The third kappa shape index (κ3) is 6.79. The van der Waals surface area contributed by atoms with Gasteiger partial charge in [-0.1, -0.05) is 0 Å². The number of aryl methyl sites for hydroxylation is 2. The molecule has 0 radical (unpaired) electrons. The number of methoxy groups -OCH3 is 2. The minimum absolute atomic E-state index is 0.329. The van der Waals surface area contributed by atoms with Gasteiger partial charge >= 0.3 is 11.9 Å². The van der Waals surface area contributed by atoms with E-state index in [9.17, 15) is 9.59 Å². The molecule has 3 rings (SSSR count). The summed E-state index contributed by atoms with van der Waals surface area (Å²) in [4.78, 5) is 33.2. The summed E-state index contributed by atoms with van der Waals surface area (Å²) >= 11 is 3.19.